The quantitative estimate of drug-likeness (QED) is 0.369. The number of carbonyl (C=O) groups is 1. The molecule has 9 nitrogen and oxygen atoms in total. The molecule has 1 amide bonds. The molecule has 242 valence electrons. The second kappa shape index (κ2) is 13.3. The summed E-state index contributed by atoms with van der Waals surface area (Å²) >= 11 is 0. The Kier molecular flexibility index (Phi) is 9.86. The van der Waals surface area contributed by atoms with Gasteiger partial charge in [0.1, 0.15) is 6.04 Å². The molecule has 45 heavy (non-hydrogen) atoms. The first kappa shape index (κ1) is 33.3. The molecular formula is C34H44N4O5S2. The molecule has 0 spiro atoms. The van der Waals surface area contributed by atoms with Crippen LogP contribution >= 0.6 is 0 Å². The molecule has 1 N–H and O–H groups in total. The summed E-state index contributed by atoms with van der Waals surface area (Å²) in [5.74, 6) is -0.495. The van der Waals surface area contributed by atoms with Gasteiger partial charge in [0, 0.05) is 32.2 Å². The lowest BCUT2D eigenvalue weighted by atomic mass is 9.87. The first-order valence-electron chi connectivity index (χ1n) is 15.6. The lowest BCUT2D eigenvalue weighted by molar-refractivity contribution is -0.126. The van der Waals surface area contributed by atoms with Crippen molar-refractivity contribution in [3.8, 4) is 11.1 Å². The van der Waals surface area contributed by atoms with Gasteiger partial charge in [0.05, 0.1) is 9.79 Å². The number of hydrogen-bond acceptors (Lipinski definition) is 6. The van der Waals surface area contributed by atoms with E-state index in [-0.39, 0.29) is 40.9 Å². The summed E-state index contributed by atoms with van der Waals surface area (Å²) in [5.41, 5.74) is 2.69. The van der Waals surface area contributed by atoms with Crippen LogP contribution in [0.25, 0.3) is 11.1 Å². The van der Waals surface area contributed by atoms with Gasteiger partial charge in [0.25, 0.3) is 0 Å². The van der Waals surface area contributed by atoms with E-state index in [1.807, 2.05) is 30.3 Å². The van der Waals surface area contributed by atoms with Gasteiger partial charge in [-0.15, -0.1) is 0 Å². The van der Waals surface area contributed by atoms with Gasteiger partial charge >= 0.3 is 0 Å². The Balaban J connectivity index is 1.41. The minimum atomic E-state index is -4.12. The predicted molar refractivity (Wildman–Crippen MR) is 177 cm³/mol. The van der Waals surface area contributed by atoms with Crippen molar-refractivity contribution in [3.63, 3.8) is 0 Å². The third-order valence-corrected chi connectivity index (χ3v) is 12.7. The van der Waals surface area contributed by atoms with E-state index in [9.17, 15) is 21.6 Å². The maximum Gasteiger partial charge on any atom is 0.243 e. The van der Waals surface area contributed by atoms with Crippen LogP contribution in [0.2, 0.25) is 0 Å². The van der Waals surface area contributed by atoms with Crippen LogP contribution in [0.5, 0.6) is 0 Å². The van der Waals surface area contributed by atoms with E-state index < -0.39 is 32.0 Å². The number of amides is 1. The molecular weight excluding hydrogens is 609 g/mol. The number of likely N-dealkylation sites (N-methyl/N-ethyl adjacent to an activating group) is 1. The molecule has 3 aromatic rings. The summed E-state index contributed by atoms with van der Waals surface area (Å²) in [6.07, 6.45) is 1.98. The van der Waals surface area contributed by atoms with Crippen molar-refractivity contribution >= 4 is 26.0 Å². The van der Waals surface area contributed by atoms with Gasteiger partial charge in [-0.05, 0) is 72.3 Å². The molecule has 0 saturated carbocycles. The fourth-order valence-electron chi connectivity index (χ4n) is 6.20. The van der Waals surface area contributed by atoms with E-state index in [0.717, 1.165) is 42.6 Å². The van der Waals surface area contributed by atoms with E-state index in [0.29, 0.717) is 6.54 Å². The van der Waals surface area contributed by atoms with Crippen LogP contribution in [-0.4, -0.2) is 87.6 Å². The zero-order valence-corrected chi connectivity index (χ0v) is 28.1. The van der Waals surface area contributed by atoms with Crippen LogP contribution in [0, 0.1) is 0 Å². The molecule has 2 aliphatic rings. The Bertz CT molecular complexity index is 1690. The summed E-state index contributed by atoms with van der Waals surface area (Å²) in [7, 11) is -8.10. The molecule has 11 heteroatoms. The number of hydrogen-bond donors (Lipinski definition) is 1. The molecule has 0 aliphatic carbocycles. The second-order valence-electron chi connectivity index (χ2n) is 12.8. The zero-order chi connectivity index (χ0) is 32.4. The topological polar surface area (TPSA) is 107 Å². The Labute approximate surface area is 268 Å². The van der Waals surface area contributed by atoms with Gasteiger partial charge in [-0.25, -0.2) is 16.8 Å². The molecule has 2 unspecified atom stereocenters. The Morgan fingerprint density at radius 2 is 1.40 bits per heavy atom. The number of rotatable bonds is 9. The first-order valence-corrected chi connectivity index (χ1v) is 18.5. The Morgan fingerprint density at radius 3 is 2.02 bits per heavy atom. The van der Waals surface area contributed by atoms with Gasteiger partial charge in [-0.2, -0.15) is 8.61 Å². The van der Waals surface area contributed by atoms with Gasteiger partial charge < -0.3 is 5.32 Å². The zero-order valence-electron chi connectivity index (χ0n) is 26.5. The van der Waals surface area contributed by atoms with Crippen molar-refractivity contribution in [2.75, 3.05) is 39.3 Å². The SMILES string of the molecule is CCN1CCCC1CNC(=O)C1CN(S(=O)(=O)c2ccc(C(C)(C)C)cc2)CCN1S(=O)(=O)c1ccc(-c2ccccc2)cc1. The fourth-order valence-corrected chi connectivity index (χ4v) is 9.21. The van der Waals surface area contributed by atoms with Crippen LogP contribution in [-0.2, 0) is 30.3 Å². The highest BCUT2D eigenvalue weighted by molar-refractivity contribution is 7.89. The van der Waals surface area contributed by atoms with Gasteiger partial charge in [0.2, 0.25) is 26.0 Å². The number of nitrogens with zero attached hydrogens (tertiary/aromatic N) is 3. The second-order valence-corrected chi connectivity index (χ2v) is 16.7. The van der Waals surface area contributed by atoms with E-state index in [4.69, 9.17) is 0 Å². The van der Waals surface area contributed by atoms with Crippen molar-refractivity contribution in [3.05, 3.63) is 84.4 Å². The third-order valence-electron chi connectivity index (χ3n) is 8.94. The summed E-state index contributed by atoms with van der Waals surface area (Å²) in [4.78, 5) is 16.3. The van der Waals surface area contributed by atoms with Crippen molar-refractivity contribution in [1.82, 2.24) is 18.8 Å². The monoisotopic (exact) mass is 652 g/mol. The maximum absolute atomic E-state index is 14.0. The van der Waals surface area contributed by atoms with Gasteiger partial charge in [0.15, 0.2) is 0 Å². The highest BCUT2D eigenvalue weighted by Gasteiger charge is 2.43. The number of piperazine rings is 1. The molecule has 2 fully saturated rings. The van der Waals surface area contributed by atoms with Crippen molar-refractivity contribution in [2.24, 2.45) is 0 Å². The summed E-state index contributed by atoms with van der Waals surface area (Å²) in [6.45, 7) is 9.95. The summed E-state index contributed by atoms with van der Waals surface area (Å²) in [5, 5.41) is 2.97. The highest BCUT2D eigenvalue weighted by Crippen LogP contribution is 2.29. The number of sulfonamides is 2. The molecule has 5 rings (SSSR count). The molecule has 3 aromatic carbocycles. The van der Waals surface area contributed by atoms with Crippen molar-refractivity contribution in [1.29, 1.82) is 0 Å². The maximum atomic E-state index is 14.0. The average Bonchev–Trinajstić information content (AvgIpc) is 3.51. The summed E-state index contributed by atoms with van der Waals surface area (Å²) in [6, 6.07) is 22.0. The molecule has 2 saturated heterocycles. The van der Waals surface area contributed by atoms with Gasteiger partial charge in [-0.1, -0.05) is 82.3 Å². The highest BCUT2D eigenvalue weighted by atomic mass is 32.2. The van der Waals surface area contributed by atoms with Crippen molar-refractivity contribution in [2.45, 2.75) is 67.8 Å². The van der Waals surface area contributed by atoms with E-state index in [1.165, 1.54) is 8.61 Å². The first-order chi connectivity index (χ1) is 21.3. The van der Waals surface area contributed by atoms with E-state index in [1.54, 1.807) is 48.5 Å². The molecule has 2 atom stereocenters. The molecule has 0 bridgehead atoms. The smallest absolute Gasteiger partial charge is 0.243 e. The third kappa shape index (κ3) is 7.18. The number of carbonyl (C=O) groups excluding carboxylic acids is 1. The van der Waals surface area contributed by atoms with E-state index in [2.05, 4.69) is 37.9 Å². The minimum Gasteiger partial charge on any atom is -0.353 e. The van der Waals surface area contributed by atoms with Crippen LogP contribution in [0.1, 0.15) is 46.1 Å². The van der Waals surface area contributed by atoms with Gasteiger partial charge in [-0.3, -0.25) is 9.69 Å². The number of likely N-dealkylation sites (tertiary alicyclic amines) is 1. The standard InChI is InChI=1S/C34H44N4O5S2/c1-5-36-21-9-12-29(36)24-35-33(39)32-25-37(44(40,41)30-19-15-28(16-20-30)34(2,3)4)22-23-38(32)45(42,43)31-17-13-27(14-18-31)26-10-7-6-8-11-26/h6-8,10-11,13-20,29,32H,5,9,12,21-25H2,1-4H3,(H,35,39). The van der Waals surface area contributed by atoms with Crippen molar-refractivity contribution < 1.29 is 21.6 Å². The van der Waals surface area contributed by atoms with Crippen LogP contribution in [0.15, 0.2) is 88.7 Å². The predicted octanol–water partition coefficient (Wildman–Crippen LogP) is 4.32. The Morgan fingerprint density at radius 1 is 0.800 bits per heavy atom. The largest absolute Gasteiger partial charge is 0.353 e. The number of nitrogens with one attached hydrogen (secondary N) is 1. The normalized spacial score (nSPS) is 20.7. The van der Waals surface area contributed by atoms with Crippen LogP contribution in [0.4, 0.5) is 0 Å². The molecule has 0 radical (unpaired) electrons. The lowest BCUT2D eigenvalue weighted by Crippen LogP contribution is -2.61. The number of benzene rings is 3. The molecule has 2 heterocycles. The Hall–Kier alpha value is -3.09. The van der Waals surface area contributed by atoms with Crippen LogP contribution in [0.3, 0.4) is 0 Å². The fraction of sp³-hybridized carbons (Fsp3) is 0.441. The minimum absolute atomic E-state index is 0.0574. The summed E-state index contributed by atoms with van der Waals surface area (Å²) < 4.78 is 58.0. The lowest BCUT2D eigenvalue weighted by Gasteiger charge is -2.39. The van der Waals surface area contributed by atoms with Crippen LogP contribution < -0.4 is 5.32 Å². The molecule has 2 aliphatic heterocycles. The average molecular weight is 653 g/mol. The van der Waals surface area contributed by atoms with E-state index >= 15 is 0 Å². The molecule has 0 aromatic heterocycles.